The van der Waals surface area contributed by atoms with Crippen molar-refractivity contribution in [3.05, 3.63) is 35.4 Å². The van der Waals surface area contributed by atoms with E-state index in [0.29, 0.717) is 18.5 Å². The summed E-state index contributed by atoms with van der Waals surface area (Å²) in [6, 6.07) is 5.81. The zero-order chi connectivity index (χ0) is 15.6. The highest BCUT2D eigenvalue weighted by atomic mass is 16.4. The summed E-state index contributed by atoms with van der Waals surface area (Å²) in [6.45, 7) is 4.28. The predicted octanol–water partition coefficient (Wildman–Crippen LogP) is 1.57. The Bertz CT molecular complexity index is 544. The lowest BCUT2D eigenvalue weighted by Gasteiger charge is -2.37. The topological polar surface area (TPSA) is 83.6 Å². The van der Waals surface area contributed by atoms with Crippen LogP contribution in [0, 0.1) is 5.92 Å². The maximum Gasteiger partial charge on any atom is 0.331 e. The zero-order valence-electron chi connectivity index (χ0n) is 12.5. The minimum absolute atomic E-state index is 0.0316. The van der Waals surface area contributed by atoms with Crippen LogP contribution in [0.25, 0.3) is 0 Å². The Kier molecular flexibility index (Phi) is 4.63. The highest BCUT2D eigenvalue weighted by Crippen LogP contribution is 2.30. The number of nitrogens with zero attached hydrogens (tertiary/aromatic N) is 1. The van der Waals surface area contributed by atoms with Crippen LogP contribution in [-0.2, 0) is 16.0 Å². The van der Waals surface area contributed by atoms with Gasteiger partial charge in [-0.1, -0.05) is 44.5 Å². The first-order chi connectivity index (χ1) is 9.97. The number of carbonyl (C=O) groups excluding carboxylic acids is 1. The van der Waals surface area contributed by atoms with Crippen LogP contribution in [0.5, 0.6) is 0 Å². The van der Waals surface area contributed by atoms with E-state index in [4.69, 9.17) is 5.73 Å². The molecule has 114 valence electrons. The van der Waals surface area contributed by atoms with Crippen molar-refractivity contribution in [2.45, 2.75) is 38.8 Å². The van der Waals surface area contributed by atoms with Gasteiger partial charge in [-0.15, -0.1) is 0 Å². The van der Waals surface area contributed by atoms with Crippen LogP contribution in [-0.4, -0.2) is 34.5 Å². The van der Waals surface area contributed by atoms with Crippen molar-refractivity contribution < 1.29 is 14.7 Å². The van der Waals surface area contributed by atoms with Crippen molar-refractivity contribution in [1.82, 2.24) is 4.90 Å². The molecule has 2 rings (SSSR count). The minimum atomic E-state index is -1.01. The van der Waals surface area contributed by atoms with Crippen molar-refractivity contribution >= 4 is 11.9 Å². The number of carboxylic acid groups (broad SMARTS) is 1. The van der Waals surface area contributed by atoms with Gasteiger partial charge in [0, 0.05) is 6.54 Å². The van der Waals surface area contributed by atoms with E-state index >= 15 is 0 Å². The van der Waals surface area contributed by atoms with E-state index in [2.05, 4.69) is 0 Å². The molecule has 0 spiro atoms. The molecule has 5 nitrogen and oxygen atoms in total. The second kappa shape index (κ2) is 6.26. The van der Waals surface area contributed by atoms with E-state index in [-0.39, 0.29) is 11.8 Å². The van der Waals surface area contributed by atoms with Gasteiger partial charge in [-0.25, -0.2) is 4.79 Å². The predicted molar refractivity (Wildman–Crippen MR) is 79.7 cm³/mol. The molecule has 1 unspecified atom stereocenters. The second-order valence-corrected chi connectivity index (χ2v) is 5.63. The van der Waals surface area contributed by atoms with E-state index in [1.807, 2.05) is 26.0 Å². The molecule has 0 aromatic heterocycles. The molecule has 0 radical (unpaired) electrons. The summed E-state index contributed by atoms with van der Waals surface area (Å²) in [6.07, 6.45) is 1.45. The number of nitrogens with two attached hydrogens (primary N) is 1. The molecule has 3 atom stereocenters. The van der Waals surface area contributed by atoms with Gasteiger partial charge in [0.2, 0.25) is 5.91 Å². The number of hydrogen-bond donors (Lipinski definition) is 2. The summed E-state index contributed by atoms with van der Waals surface area (Å²) in [4.78, 5) is 25.6. The molecular formula is C16H22N2O3. The van der Waals surface area contributed by atoms with Gasteiger partial charge < -0.3 is 15.7 Å². The number of amides is 1. The summed E-state index contributed by atoms with van der Waals surface area (Å²) in [7, 11) is 0. The second-order valence-electron chi connectivity index (χ2n) is 5.63. The Morgan fingerprint density at radius 1 is 1.43 bits per heavy atom. The molecule has 0 bridgehead atoms. The summed E-state index contributed by atoms with van der Waals surface area (Å²) in [5.74, 6) is -1.25. The Morgan fingerprint density at radius 3 is 2.71 bits per heavy atom. The monoisotopic (exact) mass is 290 g/mol. The van der Waals surface area contributed by atoms with Gasteiger partial charge in [-0.05, 0) is 23.5 Å². The minimum Gasteiger partial charge on any atom is -0.479 e. The van der Waals surface area contributed by atoms with Crippen molar-refractivity contribution in [3.63, 3.8) is 0 Å². The lowest BCUT2D eigenvalue weighted by molar-refractivity contribution is -0.152. The highest BCUT2D eigenvalue weighted by molar-refractivity contribution is 5.88. The Morgan fingerprint density at radius 2 is 2.10 bits per heavy atom. The van der Waals surface area contributed by atoms with Gasteiger partial charge in [0.15, 0.2) is 6.04 Å². The Balaban J connectivity index is 2.33. The third kappa shape index (κ3) is 2.93. The first kappa shape index (κ1) is 15.5. The Hall–Kier alpha value is -1.88. The zero-order valence-corrected chi connectivity index (χ0v) is 12.5. The lowest BCUT2D eigenvalue weighted by atomic mass is 9.90. The maximum absolute atomic E-state index is 12.6. The molecule has 1 aromatic carbocycles. The van der Waals surface area contributed by atoms with E-state index in [0.717, 1.165) is 12.0 Å². The van der Waals surface area contributed by atoms with Crippen molar-refractivity contribution in [1.29, 1.82) is 0 Å². The fraction of sp³-hybridized carbons (Fsp3) is 0.500. The van der Waals surface area contributed by atoms with Gasteiger partial charge >= 0.3 is 5.97 Å². The van der Waals surface area contributed by atoms with Crippen LogP contribution in [0.2, 0.25) is 0 Å². The highest BCUT2D eigenvalue weighted by Gasteiger charge is 2.38. The fourth-order valence-electron chi connectivity index (χ4n) is 2.76. The van der Waals surface area contributed by atoms with Crippen LogP contribution >= 0.6 is 0 Å². The maximum atomic E-state index is 12.6. The molecule has 0 saturated heterocycles. The average Bonchev–Trinajstić information content (AvgIpc) is 2.51. The molecule has 1 heterocycles. The molecule has 1 aliphatic heterocycles. The van der Waals surface area contributed by atoms with Crippen LogP contribution in [0.1, 0.15) is 37.4 Å². The first-order valence-corrected chi connectivity index (χ1v) is 7.34. The fourth-order valence-corrected chi connectivity index (χ4v) is 2.76. The van der Waals surface area contributed by atoms with Crippen molar-refractivity contribution in [3.8, 4) is 0 Å². The summed E-state index contributed by atoms with van der Waals surface area (Å²) in [5.41, 5.74) is 7.69. The molecule has 21 heavy (non-hydrogen) atoms. The summed E-state index contributed by atoms with van der Waals surface area (Å²) >= 11 is 0. The van der Waals surface area contributed by atoms with E-state index < -0.39 is 18.1 Å². The molecule has 1 amide bonds. The molecule has 1 aliphatic rings. The number of carbonyl (C=O) groups is 2. The van der Waals surface area contributed by atoms with Crippen LogP contribution in [0.3, 0.4) is 0 Å². The third-order valence-electron chi connectivity index (χ3n) is 4.34. The number of hydrogen-bond acceptors (Lipinski definition) is 3. The summed E-state index contributed by atoms with van der Waals surface area (Å²) < 4.78 is 0. The number of carboxylic acids is 1. The number of fused-ring (bicyclic) bond motifs is 1. The van der Waals surface area contributed by atoms with E-state index in [1.54, 1.807) is 12.1 Å². The van der Waals surface area contributed by atoms with Crippen LogP contribution in [0.15, 0.2) is 24.3 Å². The lowest BCUT2D eigenvalue weighted by Crippen LogP contribution is -2.52. The van der Waals surface area contributed by atoms with Gasteiger partial charge in [0.05, 0.1) is 6.04 Å². The van der Waals surface area contributed by atoms with Crippen molar-refractivity contribution in [2.75, 3.05) is 6.54 Å². The molecule has 0 aliphatic carbocycles. The van der Waals surface area contributed by atoms with Crippen molar-refractivity contribution in [2.24, 2.45) is 11.7 Å². The molecule has 0 saturated carbocycles. The smallest absolute Gasteiger partial charge is 0.331 e. The normalized spacial score (nSPS) is 20.5. The standard InChI is InChI=1S/C16H22N2O3/c1-3-10(2)13(17)15(19)18-9-8-11-6-4-5-7-12(11)14(18)16(20)21/h4-7,10,13-14H,3,8-9,17H2,1-2H3,(H,20,21)/t10-,13-,14?/m0/s1. The molecule has 5 heteroatoms. The largest absolute Gasteiger partial charge is 0.479 e. The average molecular weight is 290 g/mol. The molecule has 0 fully saturated rings. The van der Waals surface area contributed by atoms with Crippen LogP contribution < -0.4 is 5.73 Å². The quantitative estimate of drug-likeness (QED) is 0.881. The van der Waals surface area contributed by atoms with E-state index in [1.165, 1.54) is 4.90 Å². The molecular weight excluding hydrogens is 268 g/mol. The van der Waals surface area contributed by atoms with Gasteiger partial charge in [-0.3, -0.25) is 4.79 Å². The van der Waals surface area contributed by atoms with Gasteiger partial charge in [-0.2, -0.15) is 0 Å². The Labute approximate surface area is 124 Å². The van der Waals surface area contributed by atoms with Gasteiger partial charge in [0.1, 0.15) is 0 Å². The summed E-state index contributed by atoms with van der Waals surface area (Å²) in [5, 5.41) is 9.55. The number of rotatable bonds is 4. The third-order valence-corrected chi connectivity index (χ3v) is 4.34. The molecule has 1 aromatic rings. The van der Waals surface area contributed by atoms with E-state index in [9.17, 15) is 14.7 Å². The first-order valence-electron chi connectivity index (χ1n) is 7.34. The molecule has 3 N–H and O–H groups in total. The number of aliphatic carboxylic acids is 1. The SMILES string of the molecule is CC[C@H](C)[C@H](N)C(=O)N1CCc2ccccc2C1C(=O)O. The van der Waals surface area contributed by atoms with Crippen LogP contribution in [0.4, 0.5) is 0 Å². The number of benzene rings is 1. The van der Waals surface area contributed by atoms with Gasteiger partial charge in [0.25, 0.3) is 0 Å².